The quantitative estimate of drug-likeness (QED) is 0.810. The Kier molecular flexibility index (Phi) is 5.98. The Morgan fingerprint density at radius 2 is 1.50 bits per heavy atom. The molecule has 2 heterocycles. The molecule has 0 aliphatic carbocycles. The molecule has 0 saturated carbocycles. The van der Waals surface area contributed by atoms with Crippen molar-refractivity contribution in [1.29, 1.82) is 0 Å². The zero-order valence-corrected chi connectivity index (χ0v) is 15.4. The zero-order chi connectivity index (χ0) is 18.5. The van der Waals surface area contributed by atoms with Crippen molar-refractivity contribution in [2.75, 3.05) is 53.6 Å². The van der Waals surface area contributed by atoms with E-state index in [-0.39, 0.29) is 17.7 Å². The summed E-state index contributed by atoms with van der Waals surface area (Å²) in [5.41, 5.74) is 0.541. The number of hydrogen-bond acceptors (Lipinski definition) is 5. The number of carbonyl (C=O) groups is 2. The van der Waals surface area contributed by atoms with Gasteiger partial charge in [0, 0.05) is 43.7 Å². The largest absolute Gasteiger partial charge is 0.497 e. The maximum atomic E-state index is 12.8. The van der Waals surface area contributed by atoms with E-state index in [1.54, 1.807) is 37.3 Å². The number of rotatable bonds is 4. The highest BCUT2D eigenvalue weighted by atomic mass is 16.5. The number of carbonyl (C=O) groups excluding carboxylic acids is 2. The molecule has 2 fully saturated rings. The number of ether oxygens (including phenoxy) is 3. The van der Waals surface area contributed by atoms with Crippen LogP contribution in [0.15, 0.2) is 18.2 Å². The van der Waals surface area contributed by atoms with E-state index in [0.29, 0.717) is 69.3 Å². The average molecular weight is 362 g/mol. The molecule has 2 saturated heterocycles. The van der Waals surface area contributed by atoms with Crippen LogP contribution in [0.3, 0.4) is 0 Å². The summed E-state index contributed by atoms with van der Waals surface area (Å²) in [6.07, 6.45) is 1.39. The summed E-state index contributed by atoms with van der Waals surface area (Å²) < 4.78 is 15.8. The van der Waals surface area contributed by atoms with Crippen LogP contribution >= 0.6 is 0 Å². The highest BCUT2D eigenvalue weighted by molar-refractivity contribution is 5.95. The summed E-state index contributed by atoms with van der Waals surface area (Å²) in [6.45, 7) is 3.73. The van der Waals surface area contributed by atoms with Gasteiger partial charge in [-0.15, -0.1) is 0 Å². The molecule has 7 heteroatoms. The van der Waals surface area contributed by atoms with Crippen LogP contribution in [0.2, 0.25) is 0 Å². The van der Waals surface area contributed by atoms with Gasteiger partial charge in [0.2, 0.25) is 5.91 Å². The third-order valence-corrected chi connectivity index (χ3v) is 5.05. The number of morpholine rings is 1. The minimum Gasteiger partial charge on any atom is -0.497 e. The molecule has 0 spiro atoms. The van der Waals surface area contributed by atoms with Crippen molar-refractivity contribution < 1.29 is 23.8 Å². The fourth-order valence-corrected chi connectivity index (χ4v) is 3.48. The number of piperidine rings is 1. The lowest BCUT2D eigenvalue weighted by Crippen LogP contribution is -2.47. The Balaban J connectivity index is 1.60. The highest BCUT2D eigenvalue weighted by Gasteiger charge is 2.31. The first-order chi connectivity index (χ1) is 12.6. The second kappa shape index (κ2) is 8.40. The summed E-state index contributed by atoms with van der Waals surface area (Å²) in [6, 6.07) is 5.18. The molecule has 7 nitrogen and oxygen atoms in total. The van der Waals surface area contributed by atoms with Gasteiger partial charge >= 0.3 is 0 Å². The van der Waals surface area contributed by atoms with Gasteiger partial charge in [-0.3, -0.25) is 9.59 Å². The number of methoxy groups -OCH3 is 2. The lowest BCUT2D eigenvalue weighted by molar-refractivity contribution is -0.141. The molecular weight excluding hydrogens is 336 g/mol. The molecule has 0 unspecified atom stereocenters. The lowest BCUT2D eigenvalue weighted by Gasteiger charge is -2.35. The maximum absolute atomic E-state index is 12.8. The van der Waals surface area contributed by atoms with E-state index < -0.39 is 0 Å². The van der Waals surface area contributed by atoms with Crippen LogP contribution in [0.1, 0.15) is 23.2 Å². The Labute approximate surface area is 153 Å². The summed E-state index contributed by atoms with van der Waals surface area (Å²) in [4.78, 5) is 29.1. The van der Waals surface area contributed by atoms with Gasteiger partial charge in [0.15, 0.2) is 0 Å². The lowest BCUT2D eigenvalue weighted by atomic mass is 9.94. The molecule has 2 amide bonds. The normalized spacial score (nSPS) is 18.5. The minimum atomic E-state index is -0.0560. The van der Waals surface area contributed by atoms with Crippen LogP contribution in [0.5, 0.6) is 11.5 Å². The number of benzene rings is 1. The van der Waals surface area contributed by atoms with Crippen LogP contribution in [-0.2, 0) is 9.53 Å². The smallest absolute Gasteiger partial charge is 0.254 e. The first kappa shape index (κ1) is 18.5. The predicted molar refractivity (Wildman–Crippen MR) is 95.6 cm³/mol. The monoisotopic (exact) mass is 362 g/mol. The minimum absolute atomic E-state index is 0.00278. The van der Waals surface area contributed by atoms with Crippen molar-refractivity contribution in [3.63, 3.8) is 0 Å². The molecule has 1 aromatic carbocycles. The third-order valence-electron chi connectivity index (χ3n) is 5.05. The van der Waals surface area contributed by atoms with Gasteiger partial charge in [-0.2, -0.15) is 0 Å². The SMILES string of the molecule is COc1cc(OC)cc(C(=O)N2CCC(C(=O)N3CCOCC3)CC2)c1. The molecule has 0 radical (unpaired) electrons. The first-order valence-electron chi connectivity index (χ1n) is 9.01. The number of hydrogen-bond donors (Lipinski definition) is 0. The standard InChI is InChI=1S/C19H26N2O5/c1-24-16-11-15(12-17(13-16)25-2)19(23)20-5-3-14(4-6-20)18(22)21-7-9-26-10-8-21/h11-14H,3-10H2,1-2H3. The maximum Gasteiger partial charge on any atom is 0.254 e. The van der Waals surface area contributed by atoms with Gasteiger partial charge in [-0.25, -0.2) is 0 Å². The molecule has 142 valence electrons. The highest BCUT2D eigenvalue weighted by Crippen LogP contribution is 2.26. The number of likely N-dealkylation sites (tertiary alicyclic amines) is 1. The molecule has 0 bridgehead atoms. The van der Waals surface area contributed by atoms with Gasteiger partial charge < -0.3 is 24.0 Å². The van der Waals surface area contributed by atoms with E-state index in [0.717, 1.165) is 0 Å². The molecule has 0 aromatic heterocycles. The topological polar surface area (TPSA) is 68.3 Å². The van der Waals surface area contributed by atoms with Crippen molar-refractivity contribution >= 4 is 11.8 Å². The van der Waals surface area contributed by atoms with Gasteiger partial charge in [-0.1, -0.05) is 0 Å². The molecule has 2 aliphatic rings. The third kappa shape index (κ3) is 4.09. The second-order valence-electron chi connectivity index (χ2n) is 6.61. The van der Waals surface area contributed by atoms with E-state index in [4.69, 9.17) is 14.2 Å². The van der Waals surface area contributed by atoms with Crippen LogP contribution in [0.25, 0.3) is 0 Å². The van der Waals surface area contributed by atoms with E-state index >= 15 is 0 Å². The molecule has 26 heavy (non-hydrogen) atoms. The van der Waals surface area contributed by atoms with Crippen molar-refractivity contribution in [2.45, 2.75) is 12.8 Å². The Hall–Kier alpha value is -2.28. The fourth-order valence-electron chi connectivity index (χ4n) is 3.48. The van der Waals surface area contributed by atoms with Crippen LogP contribution in [0, 0.1) is 5.92 Å². The van der Waals surface area contributed by atoms with Crippen molar-refractivity contribution in [3.8, 4) is 11.5 Å². The molecule has 0 atom stereocenters. The summed E-state index contributed by atoms with van der Waals surface area (Å²) >= 11 is 0. The van der Waals surface area contributed by atoms with Gasteiger partial charge in [0.1, 0.15) is 11.5 Å². The van der Waals surface area contributed by atoms with E-state index in [1.165, 1.54) is 0 Å². The molecule has 0 N–H and O–H groups in total. The molecule has 1 aromatic rings. The Morgan fingerprint density at radius 3 is 2.04 bits per heavy atom. The Morgan fingerprint density at radius 1 is 0.923 bits per heavy atom. The molecule has 3 rings (SSSR count). The second-order valence-corrected chi connectivity index (χ2v) is 6.61. The first-order valence-corrected chi connectivity index (χ1v) is 9.01. The van der Waals surface area contributed by atoms with Gasteiger partial charge in [0.05, 0.1) is 27.4 Å². The molecule has 2 aliphatic heterocycles. The van der Waals surface area contributed by atoms with Crippen molar-refractivity contribution in [2.24, 2.45) is 5.92 Å². The van der Waals surface area contributed by atoms with E-state index in [2.05, 4.69) is 0 Å². The zero-order valence-electron chi connectivity index (χ0n) is 15.4. The average Bonchev–Trinajstić information content (AvgIpc) is 2.73. The van der Waals surface area contributed by atoms with Gasteiger partial charge in [0.25, 0.3) is 5.91 Å². The van der Waals surface area contributed by atoms with Crippen molar-refractivity contribution in [3.05, 3.63) is 23.8 Å². The van der Waals surface area contributed by atoms with Crippen LogP contribution in [0.4, 0.5) is 0 Å². The van der Waals surface area contributed by atoms with Crippen LogP contribution in [-0.4, -0.2) is 75.2 Å². The van der Waals surface area contributed by atoms with Gasteiger partial charge in [-0.05, 0) is 25.0 Å². The van der Waals surface area contributed by atoms with E-state index in [9.17, 15) is 9.59 Å². The summed E-state index contributed by atoms with van der Waals surface area (Å²) in [5, 5.41) is 0. The fraction of sp³-hybridized carbons (Fsp3) is 0.579. The predicted octanol–water partition coefficient (Wildman–Crippen LogP) is 1.41. The van der Waals surface area contributed by atoms with Crippen LogP contribution < -0.4 is 9.47 Å². The Bertz CT molecular complexity index is 627. The summed E-state index contributed by atoms with van der Waals surface area (Å²) in [5.74, 6) is 1.31. The van der Waals surface area contributed by atoms with Crippen molar-refractivity contribution in [1.82, 2.24) is 9.80 Å². The van der Waals surface area contributed by atoms with E-state index in [1.807, 2.05) is 4.90 Å². The summed E-state index contributed by atoms with van der Waals surface area (Å²) in [7, 11) is 3.12. The number of amides is 2. The molecular formula is C19H26N2O5. The number of nitrogens with zero attached hydrogens (tertiary/aromatic N) is 2.